The average Bonchev–Trinajstić information content (AvgIpc) is 2.21. The maximum atomic E-state index is 12.2. The molecule has 0 saturated heterocycles. The SMILES string of the molecule is O=C(CC(O)(C(F)(F)F)C(F)(F)F)CC(O)(C(F)(F)F)C(F)(F)F. The van der Waals surface area contributed by atoms with Crippen molar-refractivity contribution >= 4 is 5.78 Å². The van der Waals surface area contributed by atoms with E-state index in [0.29, 0.717) is 0 Å². The number of alkyl halides is 12. The summed E-state index contributed by atoms with van der Waals surface area (Å²) in [6.07, 6.45) is -32.9. The van der Waals surface area contributed by atoms with Gasteiger partial charge >= 0.3 is 24.7 Å². The van der Waals surface area contributed by atoms with E-state index in [9.17, 15) is 57.5 Å². The van der Waals surface area contributed by atoms with Crippen molar-refractivity contribution in [3.8, 4) is 0 Å². The molecule has 0 rings (SSSR count). The van der Waals surface area contributed by atoms with Crippen LogP contribution in [-0.4, -0.2) is 51.9 Å². The predicted octanol–water partition coefficient (Wildman–Crippen LogP) is 3.05. The standard InChI is InChI=1S/C9H6F12O3/c10-6(11,12)4(23,7(13,14)15)1-3(22)2-5(24,8(16,17)18)9(19,20)21/h23-24H,1-2H2. The van der Waals surface area contributed by atoms with E-state index in [4.69, 9.17) is 10.2 Å². The van der Waals surface area contributed by atoms with Crippen molar-refractivity contribution in [1.29, 1.82) is 0 Å². The van der Waals surface area contributed by atoms with Gasteiger partial charge in [-0.2, -0.15) is 52.7 Å². The van der Waals surface area contributed by atoms with E-state index >= 15 is 0 Å². The Morgan fingerprint density at radius 1 is 0.542 bits per heavy atom. The second kappa shape index (κ2) is 5.93. The third-order valence-electron chi connectivity index (χ3n) is 2.78. The van der Waals surface area contributed by atoms with Crippen molar-refractivity contribution in [1.82, 2.24) is 0 Å². The lowest BCUT2D eigenvalue weighted by atomic mass is 9.88. The van der Waals surface area contributed by atoms with Gasteiger partial charge in [-0.3, -0.25) is 4.79 Å². The van der Waals surface area contributed by atoms with Crippen molar-refractivity contribution < 1.29 is 67.7 Å². The molecule has 0 spiro atoms. The minimum absolute atomic E-state index is 2.97. The van der Waals surface area contributed by atoms with Crippen LogP contribution in [0.25, 0.3) is 0 Å². The molecule has 0 unspecified atom stereocenters. The molecular formula is C9H6F12O3. The minimum atomic E-state index is -6.63. The number of aliphatic hydroxyl groups is 2. The first kappa shape index (κ1) is 22.8. The molecule has 0 aliphatic rings. The van der Waals surface area contributed by atoms with Crippen LogP contribution in [0.3, 0.4) is 0 Å². The molecule has 0 aliphatic heterocycles. The molecule has 0 aliphatic carbocycles. The van der Waals surface area contributed by atoms with Gasteiger partial charge in [0, 0.05) is 0 Å². The Balaban J connectivity index is 5.74. The molecule has 0 bridgehead atoms. The summed E-state index contributed by atoms with van der Waals surface area (Å²) in [7, 11) is 0. The van der Waals surface area contributed by atoms with Crippen LogP contribution >= 0.6 is 0 Å². The highest BCUT2D eigenvalue weighted by Crippen LogP contribution is 2.48. The first-order valence-corrected chi connectivity index (χ1v) is 5.33. The second-order valence-electron chi connectivity index (χ2n) is 4.60. The smallest absolute Gasteiger partial charge is 0.373 e. The molecule has 0 saturated carbocycles. The van der Waals surface area contributed by atoms with Crippen LogP contribution < -0.4 is 0 Å². The molecule has 0 radical (unpaired) electrons. The van der Waals surface area contributed by atoms with Gasteiger partial charge in [-0.05, 0) is 0 Å². The Kier molecular flexibility index (Phi) is 5.62. The van der Waals surface area contributed by atoms with Gasteiger partial charge in [-0.15, -0.1) is 0 Å². The van der Waals surface area contributed by atoms with Crippen LogP contribution in [0.2, 0.25) is 0 Å². The van der Waals surface area contributed by atoms with Crippen molar-refractivity contribution in [2.24, 2.45) is 0 Å². The number of hydrogen-bond donors (Lipinski definition) is 2. The van der Waals surface area contributed by atoms with Gasteiger partial charge in [0.15, 0.2) is 0 Å². The summed E-state index contributed by atoms with van der Waals surface area (Å²) in [6.45, 7) is 0. The van der Waals surface area contributed by atoms with Crippen molar-refractivity contribution in [3.63, 3.8) is 0 Å². The Hall–Kier alpha value is -1.25. The molecule has 0 aromatic heterocycles. The van der Waals surface area contributed by atoms with Gasteiger partial charge in [0.25, 0.3) is 11.2 Å². The zero-order valence-electron chi connectivity index (χ0n) is 10.8. The molecule has 0 aromatic carbocycles. The highest BCUT2D eigenvalue weighted by Gasteiger charge is 2.74. The predicted molar refractivity (Wildman–Crippen MR) is 48.4 cm³/mol. The fourth-order valence-corrected chi connectivity index (χ4v) is 1.36. The van der Waals surface area contributed by atoms with Gasteiger partial charge in [0.2, 0.25) is 0 Å². The van der Waals surface area contributed by atoms with Gasteiger partial charge in [-0.1, -0.05) is 0 Å². The largest absolute Gasteiger partial charge is 0.426 e. The first-order chi connectivity index (χ1) is 10.1. The fourth-order valence-electron chi connectivity index (χ4n) is 1.36. The molecule has 0 heterocycles. The number of halogens is 12. The molecule has 0 fully saturated rings. The van der Waals surface area contributed by atoms with E-state index in [1.165, 1.54) is 0 Å². The van der Waals surface area contributed by atoms with E-state index < -0.39 is 54.5 Å². The van der Waals surface area contributed by atoms with E-state index in [1.807, 2.05) is 0 Å². The first-order valence-electron chi connectivity index (χ1n) is 5.33. The summed E-state index contributed by atoms with van der Waals surface area (Å²) in [5.41, 5.74) is -11.8. The van der Waals surface area contributed by atoms with Crippen LogP contribution in [0, 0.1) is 0 Å². The molecule has 3 nitrogen and oxygen atoms in total. The van der Waals surface area contributed by atoms with Crippen LogP contribution in [0.4, 0.5) is 52.7 Å². The van der Waals surface area contributed by atoms with Crippen molar-refractivity contribution in [2.45, 2.75) is 48.7 Å². The number of hydrogen-bond acceptors (Lipinski definition) is 3. The van der Waals surface area contributed by atoms with Crippen molar-refractivity contribution in [3.05, 3.63) is 0 Å². The van der Waals surface area contributed by atoms with Crippen LogP contribution in [-0.2, 0) is 4.79 Å². The van der Waals surface area contributed by atoms with Gasteiger partial charge in [-0.25, -0.2) is 0 Å². The zero-order valence-corrected chi connectivity index (χ0v) is 10.8. The molecule has 144 valence electrons. The number of carbonyl (C=O) groups is 1. The lowest BCUT2D eigenvalue weighted by molar-refractivity contribution is -0.372. The lowest BCUT2D eigenvalue weighted by Crippen LogP contribution is -2.61. The maximum absolute atomic E-state index is 12.2. The molecule has 24 heavy (non-hydrogen) atoms. The monoisotopic (exact) mass is 390 g/mol. The summed E-state index contributed by atoms with van der Waals surface area (Å²) in [5, 5.41) is 17.1. The van der Waals surface area contributed by atoms with Crippen molar-refractivity contribution in [2.75, 3.05) is 0 Å². The summed E-state index contributed by atoms with van der Waals surface area (Å²) in [5.74, 6) is -2.97. The topological polar surface area (TPSA) is 57.5 Å². The van der Waals surface area contributed by atoms with Crippen LogP contribution in [0.1, 0.15) is 12.8 Å². The van der Waals surface area contributed by atoms with E-state index in [0.717, 1.165) is 0 Å². The van der Waals surface area contributed by atoms with E-state index in [-0.39, 0.29) is 0 Å². The Morgan fingerprint density at radius 3 is 0.833 bits per heavy atom. The number of ketones is 1. The lowest BCUT2D eigenvalue weighted by Gasteiger charge is -2.34. The van der Waals surface area contributed by atoms with Gasteiger partial charge in [0.05, 0.1) is 12.8 Å². The highest BCUT2D eigenvalue weighted by molar-refractivity contribution is 5.81. The van der Waals surface area contributed by atoms with Gasteiger partial charge < -0.3 is 10.2 Å². The highest BCUT2D eigenvalue weighted by atomic mass is 19.4. The molecule has 15 heteroatoms. The molecule has 0 aromatic rings. The average molecular weight is 390 g/mol. The summed E-state index contributed by atoms with van der Waals surface area (Å²) in [6, 6.07) is 0. The second-order valence-corrected chi connectivity index (χ2v) is 4.60. The molecule has 0 amide bonds. The Morgan fingerprint density at radius 2 is 0.708 bits per heavy atom. The third kappa shape index (κ3) is 4.04. The summed E-state index contributed by atoms with van der Waals surface area (Å²) >= 11 is 0. The number of rotatable bonds is 4. The van der Waals surface area contributed by atoms with Crippen LogP contribution in [0.15, 0.2) is 0 Å². The normalized spacial score (nSPS) is 15.6. The van der Waals surface area contributed by atoms with E-state index in [2.05, 4.69) is 0 Å². The third-order valence-corrected chi connectivity index (χ3v) is 2.78. The minimum Gasteiger partial charge on any atom is -0.373 e. The number of Topliss-reactive ketones (excluding diaryl/α,β-unsaturated/α-hetero) is 1. The zero-order chi connectivity index (χ0) is 20.0. The Labute approximate surface area is 123 Å². The molecule has 0 atom stereocenters. The quantitative estimate of drug-likeness (QED) is 0.726. The van der Waals surface area contributed by atoms with E-state index in [1.54, 1.807) is 0 Å². The summed E-state index contributed by atoms with van der Waals surface area (Å²) in [4.78, 5) is 10.9. The summed E-state index contributed by atoms with van der Waals surface area (Å²) < 4.78 is 147. The molecule has 2 N–H and O–H groups in total. The number of carbonyl (C=O) groups excluding carboxylic acids is 1. The molecular weight excluding hydrogens is 384 g/mol. The fraction of sp³-hybridized carbons (Fsp3) is 0.889. The maximum Gasteiger partial charge on any atom is 0.426 e. The van der Waals surface area contributed by atoms with Crippen LogP contribution in [0.5, 0.6) is 0 Å². The Bertz CT molecular complexity index is 398. The van der Waals surface area contributed by atoms with Gasteiger partial charge in [0.1, 0.15) is 5.78 Å².